The van der Waals surface area contributed by atoms with E-state index in [4.69, 9.17) is 4.74 Å². The quantitative estimate of drug-likeness (QED) is 0.229. The van der Waals surface area contributed by atoms with Crippen molar-refractivity contribution < 1.29 is 19.4 Å². The summed E-state index contributed by atoms with van der Waals surface area (Å²) in [6.45, 7) is 0. The van der Waals surface area contributed by atoms with Crippen molar-refractivity contribution in [2.45, 2.75) is 18.6 Å². The number of nitrogens with zero attached hydrogens (tertiary/aromatic N) is 1. The molecule has 3 heterocycles. The molecule has 7 rings (SSSR count). The molecule has 2 amide bonds. The van der Waals surface area contributed by atoms with Crippen LogP contribution < -0.4 is 10.1 Å². The number of aromatic nitrogens is 2. The lowest BCUT2D eigenvalue weighted by Crippen LogP contribution is -2.20. The van der Waals surface area contributed by atoms with Gasteiger partial charge >= 0.3 is 0 Å². The van der Waals surface area contributed by atoms with Crippen LogP contribution >= 0.6 is 15.9 Å². The molecule has 0 spiro atoms. The fraction of sp³-hybridized carbons (Fsp3) is 0.154. The Morgan fingerprint density at radius 3 is 2.56 bits per heavy atom. The highest BCUT2D eigenvalue weighted by Gasteiger charge is 2.37. The number of ether oxygens (including phenoxy) is 1. The average molecular weight is 516 g/mol. The van der Waals surface area contributed by atoms with Gasteiger partial charge in [-0.1, -0.05) is 28.1 Å². The molecule has 34 heavy (non-hydrogen) atoms. The van der Waals surface area contributed by atoms with Crippen LogP contribution in [0.4, 0.5) is 0 Å². The van der Waals surface area contributed by atoms with Gasteiger partial charge in [0.1, 0.15) is 5.75 Å². The van der Waals surface area contributed by atoms with Crippen LogP contribution in [0.2, 0.25) is 0 Å². The van der Waals surface area contributed by atoms with Gasteiger partial charge in [-0.05, 0) is 36.4 Å². The number of benzene rings is 3. The lowest BCUT2D eigenvalue weighted by Gasteiger charge is -2.16. The Labute approximate surface area is 201 Å². The molecule has 0 fully saturated rings. The Hall–Kier alpha value is -3.62. The van der Waals surface area contributed by atoms with Crippen molar-refractivity contribution in [1.82, 2.24) is 14.9 Å². The average Bonchev–Trinajstić information content (AvgIpc) is 3.55. The number of amides is 2. The minimum atomic E-state index is -0.533. The SMILES string of the molecule is COc1ccc2[nH]c3c(c4c(c5c6cc(Br)ccc6n([C@H]6C=C[C@@H](O)C6)c35)C(=O)NC4=O)c2c1. The number of aliphatic hydroxyl groups is 1. The van der Waals surface area contributed by atoms with Crippen LogP contribution in [0.25, 0.3) is 43.6 Å². The van der Waals surface area contributed by atoms with Gasteiger partial charge < -0.3 is 19.4 Å². The van der Waals surface area contributed by atoms with E-state index in [1.54, 1.807) is 13.2 Å². The minimum Gasteiger partial charge on any atom is -0.497 e. The zero-order valence-electron chi connectivity index (χ0n) is 18.0. The number of fused-ring (bicyclic) bond motifs is 10. The van der Waals surface area contributed by atoms with Crippen molar-refractivity contribution in [2.75, 3.05) is 7.11 Å². The molecule has 1 aliphatic carbocycles. The number of methoxy groups -OCH3 is 1. The van der Waals surface area contributed by atoms with Crippen LogP contribution in [-0.4, -0.2) is 39.7 Å². The largest absolute Gasteiger partial charge is 0.497 e. The van der Waals surface area contributed by atoms with E-state index < -0.39 is 17.9 Å². The van der Waals surface area contributed by atoms with Gasteiger partial charge in [0.05, 0.1) is 41.4 Å². The Balaban J connectivity index is 1.79. The molecule has 0 unspecified atom stereocenters. The molecule has 5 aromatic rings. The summed E-state index contributed by atoms with van der Waals surface area (Å²) >= 11 is 3.57. The Kier molecular flexibility index (Phi) is 3.91. The molecule has 3 aromatic carbocycles. The number of carbonyl (C=O) groups is 2. The lowest BCUT2D eigenvalue weighted by molar-refractivity contribution is 0.0880. The topological polar surface area (TPSA) is 96.3 Å². The first kappa shape index (κ1) is 19.8. The van der Waals surface area contributed by atoms with Crippen molar-refractivity contribution in [3.63, 3.8) is 0 Å². The normalized spacial score (nSPS) is 19.7. The fourth-order valence-corrected chi connectivity index (χ4v) is 6.01. The summed E-state index contributed by atoms with van der Waals surface area (Å²) in [6, 6.07) is 11.5. The maximum absolute atomic E-state index is 13.2. The molecular formula is C26H18BrN3O4. The van der Waals surface area contributed by atoms with Crippen molar-refractivity contribution in [3.05, 3.63) is 64.1 Å². The second-order valence-electron chi connectivity index (χ2n) is 8.83. The fourth-order valence-electron chi connectivity index (χ4n) is 5.65. The highest BCUT2D eigenvalue weighted by molar-refractivity contribution is 9.10. The van der Waals surface area contributed by atoms with Gasteiger partial charge in [-0.15, -0.1) is 0 Å². The monoisotopic (exact) mass is 515 g/mol. The third-order valence-corrected chi connectivity index (χ3v) is 7.50. The molecule has 0 radical (unpaired) electrons. The Bertz CT molecular complexity index is 1780. The molecule has 0 bridgehead atoms. The standard InChI is InChI=1S/C26H18BrN3O4/c1-34-14-5-6-17-15(10-14)19-21-22(26(33)29-25(21)32)20-16-8-11(27)2-7-18(16)30(24(20)23(19)28-17)12-3-4-13(31)9-12/h2-8,10,12-13,28,31H,9H2,1H3,(H,29,32,33)/t12-,13+/m0/s1. The Morgan fingerprint density at radius 1 is 1.03 bits per heavy atom. The molecule has 2 aliphatic rings. The highest BCUT2D eigenvalue weighted by atomic mass is 79.9. The summed E-state index contributed by atoms with van der Waals surface area (Å²) in [6.07, 6.45) is 3.81. The van der Waals surface area contributed by atoms with Crippen LogP contribution in [0.5, 0.6) is 5.75 Å². The first-order chi connectivity index (χ1) is 16.5. The number of aliphatic hydroxyl groups excluding tert-OH is 1. The van der Waals surface area contributed by atoms with Gasteiger partial charge in [-0.25, -0.2) is 0 Å². The van der Waals surface area contributed by atoms with Gasteiger partial charge in [0, 0.05) is 43.5 Å². The summed E-state index contributed by atoms with van der Waals surface area (Å²) in [7, 11) is 1.60. The van der Waals surface area contributed by atoms with Crippen LogP contribution in [-0.2, 0) is 0 Å². The lowest BCUT2D eigenvalue weighted by atomic mass is 9.96. The molecule has 0 saturated carbocycles. The molecule has 1 aliphatic heterocycles. The number of carbonyl (C=O) groups excluding carboxylic acids is 2. The van der Waals surface area contributed by atoms with Crippen molar-refractivity contribution in [2.24, 2.45) is 0 Å². The summed E-state index contributed by atoms with van der Waals surface area (Å²) in [5.41, 5.74) is 4.17. The number of hydrogen-bond donors (Lipinski definition) is 3. The predicted molar refractivity (Wildman–Crippen MR) is 134 cm³/mol. The molecule has 3 N–H and O–H groups in total. The first-order valence-electron chi connectivity index (χ1n) is 11.0. The Morgan fingerprint density at radius 2 is 1.82 bits per heavy atom. The number of rotatable bonds is 2. The van der Waals surface area contributed by atoms with Crippen LogP contribution in [0.1, 0.15) is 33.2 Å². The van der Waals surface area contributed by atoms with Crippen LogP contribution in [0.15, 0.2) is 53.0 Å². The molecular weight excluding hydrogens is 498 g/mol. The second-order valence-corrected chi connectivity index (χ2v) is 9.75. The molecule has 7 nitrogen and oxygen atoms in total. The van der Waals surface area contributed by atoms with Crippen molar-refractivity contribution >= 4 is 71.4 Å². The maximum atomic E-state index is 13.2. The van der Waals surface area contributed by atoms with E-state index in [1.807, 2.05) is 42.5 Å². The van der Waals surface area contributed by atoms with E-state index in [0.29, 0.717) is 28.7 Å². The van der Waals surface area contributed by atoms with Crippen molar-refractivity contribution in [3.8, 4) is 5.75 Å². The van der Waals surface area contributed by atoms with Gasteiger partial charge in [0.15, 0.2) is 0 Å². The number of hydrogen-bond acceptors (Lipinski definition) is 4. The molecule has 168 valence electrons. The number of aromatic amines is 1. The van der Waals surface area contributed by atoms with Gasteiger partial charge in [-0.3, -0.25) is 14.9 Å². The summed E-state index contributed by atoms with van der Waals surface area (Å²) in [5.74, 6) is -0.133. The smallest absolute Gasteiger partial charge is 0.259 e. The van der Waals surface area contributed by atoms with Gasteiger partial charge in [-0.2, -0.15) is 0 Å². The zero-order chi connectivity index (χ0) is 23.3. The molecule has 2 atom stereocenters. The third-order valence-electron chi connectivity index (χ3n) is 7.01. The number of halogens is 1. The maximum Gasteiger partial charge on any atom is 0.259 e. The molecule has 0 saturated heterocycles. The summed E-state index contributed by atoms with van der Waals surface area (Å²) < 4.78 is 8.50. The second kappa shape index (κ2) is 6.71. The number of nitrogens with one attached hydrogen (secondary N) is 2. The third kappa shape index (κ3) is 2.44. The van der Waals surface area contributed by atoms with E-state index in [9.17, 15) is 14.7 Å². The van der Waals surface area contributed by atoms with E-state index in [0.717, 1.165) is 42.7 Å². The van der Waals surface area contributed by atoms with E-state index in [-0.39, 0.29) is 6.04 Å². The molecule has 8 heteroatoms. The zero-order valence-corrected chi connectivity index (χ0v) is 19.6. The van der Waals surface area contributed by atoms with E-state index in [2.05, 4.69) is 30.8 Å². The summed E-state index contributed by atoms with van der Waals surface area (Å²) in [4.78, 5) is 29.8. The molecule has 2 aromatic heterocycles. The van der Waals surface area contributed by atoms with Crippen molar-refractivity contribution in [1.29, 1.82) is 0 Å². The number of H-pyrrole nitrogens is 1. The summed E-state index contributed by atoms with van der Waals surface area (Å²) in [5, 5.41) is 15.9. The number of allylic oxidation sites excluding steroid dienone is 1. The highest BCUT2D eigenvalue weighted by Crippen LogP contribution is 2.46. The minimum absolute atomic E-state index is 0.0986. The van der Waals surface area contributed by atoms with Crippen LogP contribution in [0.3, 0.4) is 0 Å². The van der Waals surface area contributed by atoms with Crippen LogP contribution in [0, 0.1) is 0 Å². The van der Waals surface area contributed by atoms with Gasteiger partial charge in [0.2, 0.25) is 0 Å². The predicted octanol–water partition coefficient (Wildman–Crippen LogP) is 4.95. The van der Waals surface area contributed by atoms with E-state index in [1.165, 1.54) is 0 Å². The first-order valence-corrected chi connectivity index (χ1v) is 11.8. The van der Waals surface area contributed by atoms with Gasteiger partial charge in [0.25, 0.3) is 11.8 Å². The number of imide groups is 1. The van der Waals surface area contributed by atoms with E-state index >= 15 is 0 Å².